The van der Waals surface area contributed by atoms with Crippen molar-refractivity contribution in [3.63, 3.8) is 0 Å². The molecule has 29 heavy (non-hydrogen) atoms. The van der Waals surface area contributed by atoms with Gasteiger partial charge in [0.25, 0.3) is 5.91 Å². The Balaban J connectivity index is 1.49. The lowest BCUT2D eigenvalue weighted by atomic mass is 10.0. The van der Waals surface area contributed by atoms with Crippen LogP contribution in [0.4, 0.5) is 10.1 Å². The average molecular weight is 398 g/mol. The van der Waals surface area contributed by atoms with Crippen LogP contribution in [0.25, 0.3) is 11.6 Å². The molecule has 1 amide bonds. The van der Waals surface area contributed by atoms with E-state index in [1.807, 2.05) is 18.2 Å². The fourth-order valence-electron chi connectivity index (χ4n) is 3.47. The van der Waals surface area contributed by atoms with Gasteiger partial charge in [-0.05, 0) is 42.0 Å². The molecular formula is C22H23FN2O4. The highest BCUT2D eigenvalue weighted by molar-refractivity contribution is 6.34. The Bertz CT molecular complexity index is 938. The molecule has 2 aliphatic rings. The summed E-state index contributed by atoms with van der Waals surface area (Å²) >= 11 is 0. The summed E-state index contributed by atoms with van der Waals surface area (Å²) in [6.07, 6.45) is 1.72. The fraction of sp³-hybridized carbons (Fsp3) is 0.318. The average Bonchev–Trinajstić information content (AvgIpc) is 3.04. The molecule has 0 saturated carbocycles. The number of hydrogen-bond donors (Lipinski definition) is 1. The molecule has 2 heterocycles. The number of benzene rings is 2. The van der Waals surface area contributed by atoms with Crippen LogP contribution in [0.3, 0.4) is 0 Å². The minimum absolute atomic E-state index is 0.254. The van der Waals surface area contributed by atoms with Gasteiger partial charge >= 0.3 is 0 Å². The zero-order valence-corrected chi connectivity index (χ0v) is 16.2. The van der Waals surface area contributed by atoms with Crippen LogP contribution in [-0.4, -0.2) is 57.4 Å². The third kappa shape index (κ3) is 4.41. The Morgan fingerprint density at radius 1 is 1.17 bits per heavy atom. The summed E-state index contributed by atoms with van der Waals surface area (Å²) in [5, 5.41) is 2.75. The summed E-state index contributed by atoms with van der Waals surface area (Å²) in [6, 6.07) is 9.73. The quantitative estimate of drug-likeness (QED) is 0.758. The van der Waals surface area contributed by atoms with E-state index in [0.717, 1.165) is 38.4 Å². The Morgan fingerprint density at radius 3 is 2.79 bits per heavy atom. The molecule has 1 N–H and O–H groups in total. The lowest BCUT2D eigenvalue weighted by molar-refractivity contribution is -0.110. The van der Waals surface area contributed by atoms with Gasteiger partial charge < -0.3 is 19.5 Å². The number of amides is 1. The predicted octanol–water partition coefficient (Wildman–Crippen LogP) is 3.04. The molecule has 0 bridgehead atoms. The highest BCUT2D eigenvalue weighted by Crippen LogP contribution is 2.35. The van der Waals surface area contributed by atoms with Gasteiger partial charge in [-0.25, -0.2) is 4.39 Å². The van der Waals surface area contributed by atoms with E-state index in [2.05, 4.69) is 10.2 Å². The van der Waals surface area contributed by atoms with Crippen molar-refractivity contribution in [2.45, 2.75) is 0 Å². The number of nitrogens with one attached hydrogen (secondary N) is 1. The molecule has 2 aromatic carbocycles. The molecular weight excluding hydrogens is 375 g/mol. The SMILES string of the molecule is COc1cc(/C=C2\C(=O)Nc3ccc(F)cc32)ccc1OCCN1CCOCC1. The van der Waals surface area contributed by atoms with Crippen LogP contribution in [0.2, 0.25) is 0 Å². The maximum Gasteiger partial charge on any atom is 0.256 e. The lowest BCUT2D eigenvalue weighted by Gasteiger charge is -2.26. The predicted molar refractivity (Wildman–Crippen MR) is 109 cm³/mol. The summed E-state index contributed by atoms with van der Waals surface area (Å²) in [4.78, 5) is 14.6. The number of methoxy groups -OCH3 is 1. The maximum absolute atomic E-state index is 13.6. The van der Waals surface area contributed by atoms with Crippen molar-refractivity contribution in [3.8, 4) is 11.5 Å². The van der Waals surface area contributed by atoms with Crippen molar-refractivity contribution in [2.24, 2.45) is 0 Å². The molecule has 2 aromatic rings. The van der Waals surface area contributed by atoms with Crippen LogP contribution in [0, 0.1) is 5.82 Å². The molecule has 6 nitrogen and oxygen atoms in total. The summed E-state index contributed by atoms with van der Waals surface area (Å²) in [5.41, 5.74) is 2.35. The number of halogens is 1. The van der Waals surface area contributed by atoms with E-state index >= 15 is 0 Å². The minimum atomic E-state index is -0.382. The van der Waals surface area contributed by atoms with Gasteiger partial charge in [0.05, 0.1) is 20.3 Å². The molecule has 2 aliphatic heterocycles. The minimum Gasteiger partial charge on any atom is -0.493 e. The van der Waals surface area contributed by atoms with E-state index in [4.69, 9.17) is 14.2 Å². The van der Waals surface area contributed by atoms with Crippen LogP contribution in [0.5, 0.6) is 11.5 Å². The van der Waals surface area contributed by atoms with Crippen LogP contribution in [0.1, 0.15) is 11.1 Å². The van der Waals surface area contributed by atoms with Gasteiger partial charge in [0.1, 0.15) is 12.4 Å². The molecule has 0 atom stereocenters. The molecule has 152 valence electrons. The van der Waals surface area contributed by atoms with Gasteiger partial charge in [-0.3, -0.25) is 9.69 Å². The van der Waals surface area contributed by atoms with Crippen LogP contribution < -0.4 is 14.8 Å². The number of nitrogens with zero attached hydrogens (tertiary/aromatic N) is 1. The molecule has 0 spiro atoms. The first-order chi connectivity index (χ1) is 14.1. The second-order valence-electron chi connectivity index (χ2n) is 6.91. The second kappa shape index (κ2) is 8.63. The molecule has 1 saturated heterocycles. The van der Waals surface area contributed by atoms with Crippen molar-refractivity contribution >= 4 is 23.2 Å². The number of anilines is 1. The van der Waals surface area contributed by atoms with Crippen molar-refractivity contribution in [3.05, 3.63) is 53.3 Å². The standard InChI is InChI=1S/C22H23FN2O4/c1-27-21-13-15(2-5-20(21)29-11-8-25-6-9-28-10-7-25)12-18-17-14-16(23)3-4-19(17)24-22(18)26/h2-5,12-14H,6-11H2,1H3,(H,24,26)/b18-12-. The Hall–Kier alpha value is -2.90. The van der Waals surface area contributed by atoms with E-state index in [-0.39, 0.29) is 11.7 Å². The Kier molecular flexibility index (Phi) is 5.78. The molecule has 4 rings (SSSR count). The van der Waals surface area contributed by atoms with E-state index in [1.54, 1.807) is 19.3 Å². The third-order valence-electron chi connectivity index (χ3n) is 5.03. The van der Waals surface area contributed by atoms with Crippen molar-refractivity contribution < 1.29 is 23.4 Å². The zero-order chi connectivity index (χ0) is 20.2. The summed E-state index contributed by atoms with van der Waals surface area (Å²) in [6.45, 7) is 4.71. The highest BCUT2D eigenvalue weighted by Gasteiger charge is 2.24. The number of carbonyl (C=O) groups excluding carboxylic acids is 1. The van der Waals surface area contributed by atoms with Crippen molar-refractivity contribution in [1.29, 1.82) is 0 Å². The Morgan fingerprint density at radius 2 is 2.00 bits per heavy atom. The van der Waals surface area contributed by atoms with Gasteiger partial charge in [0, 0.05) is 36.5 Å². The first-order valence-corrected chi connectivity index (χ1v) is 9.58. The van der Waals surface area contributed by atoms with Gasteiger partial charge in [-0.15, -0.1) is 0 Å². The number of morpholine rings is 1. The van der Waals surface area contributed by atoms with Gasteiger partial charge in [0.15, 0.2) is 11.5 Å². The number of fused-ring (bicyclic) bond motifs is 1. The third-order valence-corrected chi connectivity index (χ3v) is 5.03. The van der Waals surface area contributed by atoms with E-state index < -0.39 is 0 Å². The van der Waals surface area contributed by atoms with Crippen LogP contribution in [-0.2, 0) is 9.53 Å². The second-order valence-corrected chi connectivity index (χ2v) is 6.91. The molecule has 0 unspecified atom stereocenters. The molecule has 0 aliphatic carbocycles. The first-order valence-electron chi connectivity index (χ1n) is 9.58. The summed E-state index contributed by atoms with van der Waals surface area (Å²) < 4.78 is 30.3. The number of carbonyl (C=O) groups is 1. The van der Waals surface area contributed by atoms with E-state index in [9.17, 15) is 9.18 Å². The molecule has 7 heteroatoms. The van der Waals surface area contributed by atoms with Crippen LogP contribution in [0.15, 0.2) is 36.4 Å². The maximum atomic E-state index is 13.6. The lowest BCUT2D eigenvalue weighted by Crippen LogP contribution is -2.38. The summed E-state index contributed by atoms with van der Waals surface area (Å²) in [5.74, 6) is 0.590. The molecule has 1 fully saturated rings. The fourth-order valence-corrected chi connectivity index (χ4v) is 3.47. The topological polar surface area (TPSA) is 60.0 Å². The smallest absolute Gasteiger partial charge is 0.256 e. The Labute approximate surface area is 168 Å². The van der Waals surface area contributed by atoms with Gasteiger partial charge in [-0.1, -0.05) is 6.07 Å². The monoisotopic (exact) mass is 398 g/mol. The van der Waals surface area contributed by atoms with Crippen molar-refractivity contribution in [1.82, 2.24) is 4.90 Å². The molecule has 0 radical (unpaired) electrons. The summed E-state index contributed by atoms with van der Waals surface area (Å²) in [7, 11) is 1.58. The van der Waals surface area contributed by atoms with Gasteiger partial charge in [0.2, 0.25) is 0 Å². The van der Waals surface area contributed by atoms with E-state index in [1.165, 1.54) is 12.1 Å². The van der Waals surface area contributed by atoms with Crippen molar-refractivity contribution in [2.75, 3.05) is 51.9 Å². The number of hydrogen-bond acceptors (Lipinski definition) is 5. The normalized spacial score (nSPS) is 17.9. The van der Waals surface area contributed by atoms with E-state index in [0.29, 0.717) is 34.9 Å². The highest BCUT2D eigenvalue weighted by atomic mass is 19.1. The largest absolute Gasteiger partial charge is 0.493 e. The number of ether oxygens (including phenoxy) is 3. The van der Waals surface area contributed by atoms with Gasteiger partial charge in [-0.2, -0.15) is 0 Å². The zero-order valence-electron chi connectivity index (χ0n) is 16.2. The number of rotatable bonds is 6. The molecule has 0 aromatic heterocycles. The van der Waals surface area contributed by atoms with Crippen LogP contribution >= 0.6 is 0 Å². The first kappa shape index (κ1) is 19.4.